The molecule has 1 heterocycles. The van der Waals surface area contributed by atoms with Crippen molar-refractivity contribution in [3.63, 3.8) is 0 Å². The van der Waals surface area contributed by atoms with E-state index in [1.165, 1.54) is 0 Å². The maximum absolute atomic E-state index is 3.17. The van der Waals surface area contributed by atoms with Gasteiger partial charge in [0.1, 0.15) is 0 Å². The zero-order valence-electron chi connectivity index (χ0n) is 13.8. The zero-order valence-corrected chi connectivity index (χ0v) is 17.9. The van der Waals surface area contributed by atoms with Gasteiger partial charge in [-0.05, 0) is 0 Å². The van der Waals surface area contributed by atoms with Crippen LogP contribution in [0.4, 0.5) is 0 Å². The van der Waals surface area contributed by atoms with Crippen LogP contribution >= 0.6 is 24.8 Å². The number of hydrogen-bond donors (Lipinski definition) is 0. The first-order valence-corrected chi connectivity index (χ1v) is 4.36. The van der Waals surface area contributed by atoms with E-state index in [0.717, 1.165) is 12.7 Å². The molecule has 0 saturated carbocycles. The van der Waals surface area contributed by atoms with Gasteiger partial charge >= 0.3 is 0 Å². The van der Waals surface area contributed by atoms with Gasteiger partial charge in [0, 0.05) is 26.2 Å². The topological polar surface area (TPSA) is 0 Å². The largest absolute Gasteiger partial charge is 0.358 e. The summed E-state index contributed by atoms with van der Waals surface area (Å²) in [7, 11) is 0. The van der Waals surface area contributed by atoms with E-state index in [9.17, 15) is 0 Å². The second-order valence-electron chi connectivity index (χ2n) is 2.90. The molecule has 0 aromatic rings. The van der Waals surface area contributed by atoms with Gasteiger partial charge in [0.2, 0.25) is 0 Å². The standard InChI is InChI=1S/C6H8B.C5H5.5CH3.2ClH.Zr/c1-7-5-3-2-4-6-7;1-2-4-5-3-1;;;;;;;;/h2-4H,5H2,1H3;1-3H,4H2;5*1H3;2*1H;/q7*-1;;;. The number of allylic oxidation sites excluding steroid dienone is 7. The van der Waals surface area contributed by atoms with Crippen molar-refractivity contribution in [2.24, 2.45) is 0 Å². The number of hydrogen-bond acceptors (Lipinski definition) is 0. The van der Waals surface area contributed by atoms with Crippen LogP contribution in [-0.2, 0) is 26.2 Å². The van der Waals surface area contributed by atoms with Crippen molar-refractivity contribution < 1.29 is 26.2 Å². The quantitative estimate of drug-likeness (QED) is 0.350. The van der Waals surface area contributed by atoms with Crippen LogP contribution in [0.2, 0.25) is 13.1 Å². The van der Waals surface area contributed by atoms with Crippen molar-refractivity contribution in [2.75, 3.05) is 0 Å². The molecule has 0 bridgehead atoms. The molecule has 0 radical (unpaired) electrons. The molecule has 0 unspecified atom stereocenters. The number of rotatable bonds is 0. The average Bonchev–Trinajstić information content (AvgIpc) is 2.62. The van der Waals surface area contributed by atoms with Gasteiger partial charge in [0.05, 0.1) is 6.71 Å². The van der Waals surface area contributed by atoms with Gasteiger partial charge in [-0.25, -0.2) is 24.3 Å². The third-order valence-corrected chi connectivity index (χ3v) is 1.69. The average molecular weight is 395 g/mol. The Kier molecular flexibility index (Phi) is 91.3. The van der Waals surface area contributed by atoms with Crippen LogP contribution in [0.3, 0.4) is 0 Å². The summed E-state index contributed by atoms with van der Waals surface area (Å²) in [5, 5.41) is 0. The van der Waals surface area contributed by atoms with Crippen molar-refractivity contribution in [3.05, 3.63) is 85.6 Å². The van der Waals surface area contributed by atoms with E-state index in [-0.39, 0.29) is 88.2 Å². The predicted molar refractivity (Wildman–Crippen MR) is 102 cm³/mol. The van der Waals surface area contributed by atoms with Crippen LogP contribution in [0.25, 0.3) is 0 Å². The molecule has 1 aliphatic heterocycles. The zero-order chi connectivity index (χ0) is 8.65. The van der Waals surface area contributed by atoms with Crippen molar-refractivity contribution in [1.82, 2.24) is 0 Å². The van der Waals surface area contributed by atoms with E-state index in [0.29, 0.717) is 6.71 Å². The third-order valence-electron chi connectivity index (χ3n) is 1.69. The normalized spacial score (nSPS) is 10.8. The molecule has 4 heteroatoms. The summed E-state index contributed by atoms with van der Waals surface area (Å²) < 4.78 is 0. The Morgan fingerprint density at radius 3 is 1.50 bits per heavy atom. The van der Waals surface area contributed by atoms with Crippen LogP contribution in [0, 0.1) is 49.2 Å². The van der Waals surface area contributed by atoms with E-state index in [2.05, 4.69) is 31.0 Å². The second kappa shape index (κ2) is 36.6. The maximum atomic E-state index is 3.17. The van der Waals surface area contributed by atoms with Gasteiger partial charge in [-0.15, -0.1) is 31.2 Å². The minimum Gasteiger partial charge on any atom is -0.358 e. The summed E-state index contributed by atoms with van der Waals surface area (Å²) >= 11 is 0. The molecule has 0 saturated heterocycles. The molecule has 0 amide bonds. The fourth-order valence-electron chi connectivity index (χ4n) is 0.979. The molecule has 20 heavy (non-hydrogen) atoms. The van der Waals surface area contributed by atoms with Gasteiger partial charge in [-0.1, -0.05) is 13.1 Å². The molecule has 2 aliphatic rings. The Labute approximate surface area is 162 Å². The molecule has 1 aliphatic carbocycles. The van der Waals surface area contributed by atoms with Crippen LogP contribution in [0.1, 0.15) is 6.42 Å². The summed E-state index contributed by atoms with van der Waals surface area (Å²) in [5.74, 6) is 3.17. The van der Waals surface area contributed by atoms with Gasteiger partial charge in [-0.3, -0.25) is 6.08 Å². The molecular weight excluding hydrogens is 365 g/mol. The van der Waals surface area contributed by atoms with Crippen LogP contribution in [0.15, 0.2) is 36.5 Å². The molecular formula is C16H30BCl2Zr-7. The molecule has 0 atom stereocenters. The summed E-state index contributed by atoms with van der Waals surface area (Å²) in [4.78, 5) is 0. The van der Waals surface area contributed by atoms with E-state index in [1.54, 1.807) is 0 Å². The number of halogens is 2. The Bertz CT molecular complexity index is 227. The summed E-state index contributed by atoms with van der Waals surface area (Å²) in [5.41, 5.74) is 0. The molecule has 0 nitrogen and oxygen atoms in total. The second-order valence-corrected chi connectivity index (χ2v) is 2.90. The molecule has 0 aromatic heterocycles. The Balaban J connectivity index is -0.0000000174. The Morgan fingerprint density at radius 2 is 1.35 bits per heavy atom. The first kappa shape index (κ1) is 49.9. The van der Waals surface area contributed by atoms with Crippen molar-refractivity contribution in [2.45, 2.75) is 19.6 Å². The minimum atomic E-state index is 0. The molecule has 0 fully saturated rings. The van der Waals surface area contributed by atoms with Gasteiger partial charge in [0.25, 0.3) is 0 Å². The van der Waals surface area contributed by atoms with Gasteiger partial charge < -0.3 is 43.1 Å². The van der Waals surface area contributed by atoms with Gasteiger partial charge in [-0.2, -0.15) is 12.2 Å². The fraction of sp³-hybridized carbons (Fsp3) is 0.188. The SMILES string of the molecule is CB1[C-]=CC=CC1.Cl.Cl.[C-]1=CC=CC1.[CH3-].[CH3-].[CH3-].[CH3-].[CH3-].[Zr]. The molecule has 0 N–H and O–H groups in total. The van der Waals surface area contributed by atoms with Crippen LogP contribution < -0.4 is 0 Å². The van der Waals surface area contributed by atoms with E-state index in [1.807, 2.05) is 24.3 Å². The summed E-state index contributed by atoms with van der Waals surface area (Å²) in [6.45, 7) is 2.81. The van der Waals surface area contributed by atoms with E-state index < -0.39 is 0 Å². The first-order valence-electron chi connectivity index (χ1n) is 4.36. The predicted octanol–water partition coefficient (Wildman–Crippen LogP) is 5.98. The van der Waals surface area contributed by atoms with Gasteiger partial charge in [0.15, 0.2) is 0 Å². The molecule has 122 valence electrons. The van der Waals surface area contributed by atoms with Crippen LogP contribution in [-0.4, -0.2) is 6.71 Å². The van der Waals surface area contributed by atoms with Crippen LogP contribution in [0.5, 0.6) is 0 Å². The third kappa shape index (κ3) is 31.1. The monoisotopic (exact) mass is 393 g/mol. The smallest absolute Gasteiger partial charge is 0.0573 e. The Morgan fingerprint density at radius 1 is 0.850 bits per heavy atom. The first-order chi connectivity index (χ1) is 5.89. The Hall–Kier alpha value is 0.488. The molecule has 2 rings (SSSR count). The van der Waals surface area contributed by atoms with E-state index >= 15 is 0 Å². The molecule has 0 aromatic carbocycles. The van der Waals surface area contributed by atoms with Crippen molar-refractivity contribution >= 4 is 31.5 Å². The maximum Gasteiger partial charge on any atom is 0.0573 e. The van der Waals surface area contributed by atoms with E-state index in [4.69, 9.17) is 0 Å². The fourth-order valence-corrected chi connectivity index (χ4v) is 0.979. The van der Waals surface area contributed by atoms with Crippen molar-refractivity contribution in [3.8, 4) is 0 Å². The summed E-state index contributed by atoms with van der Waals surface area (Å²) in [6.07, 6.45) is 17.4. The van der Waals surface area contributed by atoms with Crippen molar-refractivity contribution in [1.29, 1.82) is 0 Å². The molecule has 0 spiro atoms. The summed E-state index contributed by atoms with van der Waals surface area (Å²) in [6, 6.07) is 0. The minimum absolute atomic E-state index is 0.